The zero-order chi connectivity index (χ0) is 27.6. The van der Waals surface area contributed by atoms with E-state index in [2.05, 4.69) is 138 Å². The first-order valence-corrected chi connectivity index (χ1v) is 14.7. The Hall–Kier alpha value is -5.33. The van der Waals surface area contributed by atoms with Crippen molar-refractivity contribution in [1.29, 1.82) is 5.26 Å². The molecule has 0 unspecified atom stereocenters. The highest BCUT2D eigenvalue weighted by Gasteiger charge is 2.53. The van der Waals surface area contributed by atoms with Gasteiger partial charge < -0.3 is 4.57 Å². The molecule has 0 saturated carbocycles. The molecule has 192 valence electrons. The van der Waals surface area contributed by atoms with Crippen LogP contribution in [0.3, 0.4) is 0 Å². The van der Waals surface area contributed by atoms with Crippen LogP contribution in [0.25, 0.3) is 27.5 Å². The first kappa shape index (κ1) is 22.4. The molecule has 4 heterocycles. The second-order valence-electron chi connectivity index (χ2n) is 11.9. The summed E-state index contributed by atoms with van der Waals surface area (Å²) in [5, 5.41) is 12.9. The fraction of sp³-hybridized carbons (Fsp3) is 0.0513. The fourth-order valence-corrected chi connectivity index (χ4v) is 8.75. The van der Waals surface area contributed by atoms with Gasteiger partial charge in [0.2, 0.25) is 6.71 Å². The van der Waals surface area contributed by atoms with Crippen LogP contribution >= 0.6 is 0 Å². The third-order valence-electron chi connectivity index (χ3n) is 10.2. The molecule has 1 aromatic heterocycles. The van der Waals surface area contributed by atoms with E-state index in [0.29, 0.717) is 0 Å². The monoisotopic (exact) mass is 530 g/mol. The third kappa shape index (κ3) is 2.45. The molecule has 42 heavy (non-hydrogen) atoms. The number of hydrogen-bond donors (Lipinski definition) is 0. The van der Waals surface area contributed by atoms with Crippen LogP contribution in [0.5, 0.6) is 0 Å². The lowest BCUT2D eigenvalue weighted by Gasteiger charge is -2.48. The molecule has 0 fully saturated rings. The van der Waals surface area contributed by atoms with Gasteiger partial charge in [0.25, 0.3) is 0 Å². The lowest BCUT2D eigenvalue weighted by molar-refractivity contribution is 0.747. The van der Waals surface area contributed by atoms with E-state index in [9.17, 15) is 5.26 Å². The maximum absolute atomic E-state index is 10.3. The van der Waals surface area contributed by atoms with Gasteiger partial charge in [-0.15, -0.1) is 0 Å². The topological polar surface area (TPSA) is 28.7 Å². The van der Waals surface area contributed by atoms with Crippen LogP contribution in [-0.4, -0.2) is 11.3 Å². The van der Waals surface area contributed by atoms with E-state index in [0.717, 1.165) is 12.0 Å². The van der Waals surface area contributed by atoms with Gasteiger partial charge in [-0.05, 0) is 75.0 Å². The molecule has 3 aliphatic rings. The van der Waals surface area contributed by atoms with Crippen LogP contribution in [0.1, 0.15) is 38.9 Å². The predicted octanol–water partition coefficient (Wildman–Crippen LogP) is 6.09. The summed E-state index contributed by atoms with van der Waals surface area (Å²) in [6.07, 6.45) is 0.832. The molecule has 6 aromatic carbocycles. The highest BCUT2D eigenvalue weighted by molar-refractivity contribution is 7.00. The van der Waals surface area contributed by atoms with Gasteiger partial charge >= 0.3 is 0 Å². The molecule has 0 spiro atoms. The number of para-hydroxylation sites is 1. The second-order valence-corrected chi connectivity index (χ2v) is 11.9. The smallest absolute Gasteiger partial charge is 0.248 e. The zero-order valence-electron chi connectivity index (χ0n) is 22.8. The fourth-order valence-electron chi connectivity index (χ4n) is 8.75. The normalized spacial score (nSPS) is 14.7. The third-order valence-corrected chi connectivity index (χ3v) is 10.2. The molecule has 3 heteroatoms. The standard InChI is InChI=1S/C39H23BN2/c41-23-24-20-26-22-25-18-19-30-29-14-7-8-16-33(29)42-34-17-9-15-31-37(34)40(36(25)38(30)42)35(26)32(21-24)39(31,27-10-3-1-4-11-27)28-12-5-2-6-13-28/h1-21H,22H2. The number of nitriles is 1. The Morgan fingerprint density at radius 2 is 1.36 bits per heavy atom. The first-order chi connectivity index (χ1) is 20.8. The van der Waals surface area contributed by atoms with Crippen molar-refractivity contribution in [3.8, 4) is 11.8 Å². The van der Waals surface area contributed by atoms with E-state index in [1.165, 1.54) is 77.3 Å². The summed E-state index contributed by atoms with van der Waals surface area (Å²) in [4.78, 5) is 0. The number of nitrogens with zero attached hydrogens (tertiary/aromatic N) is 2. The summed E-state index contributed by atoms with van der Waals surface area (Å²) < 4.78 is 2.54. The Bertz CT molecular complexity index is 2300. The summed E-state index contributed by atoms with van der Waals surface area (Å²) in [6, 6.07) is 49.2. The SMILES string of the molecule is N#Cc1cc2c3c(c1)C(c1ccccc1)(c1ccccc1)c1cccc4c1B3c1c(ccc3c5ccccc5n-4c13)C2. The number of benzene rings is 6. The molecule has 0 bridgehead atoms. The van der Waals surface area contributed by atoms with Crippen LogP contribution < -0.4 is 16.4 Å². The largest absolute Gasteiger partial charge is 0.310 e. The van der Waals surface area contributed by atoms with Crippen molar-refractivity contribution >= 4 is 44.9 Å². The van der Waals surface area contributed by atoms with Crippen molar-refractivity contribution in [2.24, 2.45) is 0 Å². The van der Waals surface area contributed by atoms with Crippen LogP contribution in [-0.2, 0) is 11.8 Å². The van der Waals surface area contributed by atoms with Gasteiger partial charge in [0.1, 0.15) is 0 Å². The molecule has 2 nitrogen and oxygen atoms in total. The molecule has 0 atom stereocenters. The van der Waals surface area contributed by atoms with Gasteiger partial charge in [0.05, 0.1) is 22.6 Å². The average Bonchev–Trinajstić information content (AvgIpc) is 3.40. The van der Waals surface area contributed by atoms with Gasteiger partial charge in [-0.3, -0.25) is 0 Å². The minimum Gasteiger partial charge on any atom is -0.310 e. The number of hydrogen-bond acceptors (Lipinski definition) is 1. The maximum Gasteiger partial charge on any atom is 0.248 e. The maximum atomic E-state index is 10.3. The quantitative estimate of drug-likeness (QED) is 0.249. The van der Waals surface area contributed by atoms with E-state index >= 15 is 0 Å². The Balaban J connectivity index is 1.49. The van der Waals surface area contributed by atoms with Crippen LogP contribution in [0, 0.1) is 11.3 Å². The van der Waals surface area contributed by atoms with Crippen molar-refractivity contribution in [3.05, 3.63) is 166 Å². The summed E-state index contributed by atoms with van der Waals surface area (Å²) >= 11 is 0. The van der Waals surface area contributed by atoms with E-state index in [1.54, 1.807) is 0 Å². The first-order valence-electron chi connectivity index (χ1n) is 14.7. The predicted molar refractivity (Wildman–Crippen MR) is 171 cm³/mol. The number of rotatable bonds is 2. The van der Waals surface area contributed by atoms with Crippen molar-refractivity contribution in [2.45, 2.75) is 11.8 Å². The molecule has 0 aliphatic carbocycles. The summed E-state index contributed by atoms with van der Waals surface area (Å²) in [5.74, 6) is 0. The van der Waals surface area contributed by atoms with Crippen LogP contribution in [0.2, 0.25) is 0 Å². The zero-order valence-corrected chi connectivity index (χ0v) is 22.8. The van der Waals surface area contributed by atoms with Crippen molar-refractivity contribution in [1.82, 2.24) is 4.57 Å². The highest BCUT2D eigenvalue weighted by Crippen LogP contribution is 2.49. The Morgan fingerprint density at radius 1 is 0.619 bits per heavy atom. The van der Waals surface area contributed by atoms with Crippen LogP contribution in [0.15, 0.2) is 127 Å². The van der Waals surface area contributed by atoms with Crippen molar-refractivity contribution in [2.75, 3.05) is 0 Å². The Morgan fingerprint density at radius 3 is 2.12 bits per heavy atom. The highest BCUT2D eigenvalue weighted by atomic mass is 15.0. The summed E-state index contributed by atoms with van der Waals surface area (Å²) in [5.41, 5.74) is 15.9. The van der Waals surface area contributed by atoms with Gasteiger partial charge in [-0.1, -0.05) is 109 Å². The molecule has 0 radical (unpaired) electrons. The summed E-state index contributed by atoms with van der Waals surface area (Å²) in [7, 11) is 0. The van der Waals surface area contributed by atoms with E-state index < -0.39 is 5.41 Å². The minimum atomic E-state index is -0.562. The molecular formula is C39H23BN2. The molecule has 7 aromatic rings. The summed E-state index contributed by atoms with van der Waals surface area (Å²) in [6.45, 7) is 0.124. The van der Waals surface area contributed by atoms with E-state index in [1.807, 2.05) is 0 Å². The van der Waals surface area contributed by atoms with Gasteiger partial charge in [-0.2, -0.15) is 5.26 Å². The molecule has 0 N–H and O–H groups in total. The minimum absolute atomic E-state index is 0.124. The van der Waals surface area contributed by atoms with Crippen molar-refractivity contribution in [3.63, 3.8) is 0 Å². The Kier molecular flexibility index (Phi) is 4.10. The molecule has 3 aliphatic heterocycles. The van der Waals surface area contributed by atoms with Gasteiger partial charge in [0.15, 0.2) is 0 Å². The lowest BCUT2D eigenvalue weighted by atomic mass is 9.27. The molecular weight excluding hydrogens is 507 g/mol. The Labute approximate surface area is 244 Å². The second kappa shape index (κ2) is 7.69. The van der Waals surface area contributed by atoms with E-state index in [-0.39, 0.29) is 6.71 Å². The van der Waals surface area contributed by atoms with E-state index in [4.69, 9.17) is 0 Å². The van der Waals surface area contributed by atoms with Crippen molar-refractivity contribution < 1.29 is 0 Å². The lowest BCUT2D eigenvalue weighted by Crippen LogP contribution is -2.67. The van der Waals surface area contributed by atoms with Crippen LogP contribution in [0.4, 0.5) is 0 Å². The number of fused-ring (bicyclic) bond motifs is 4. The van der Waals surface area contributed by atoms with Gasteiger partial charge in [0, 0.05) is 22.0 Å². The number of aromatic nitrogens is 1. The average molecular weight is 530 g/mol. The molecule has 10 rings (SSSR count). The molecule has 0 amide bonds. The van der Waals surface area contributed by atoms with Gasteiger partial charge in [-0.25, -0.2) is 0 Å². The molecule has 0 saturated heterocycles.